The number of halogens is 2. The number of ether oxygens (including phenoxy) is 1. The van der Waals surface area contributed by atoms with Crippen LogP contribution in [0.2, 0.25) is 5.02 Å². The summed E-state index contributed by atoms with van der Waals surface area (Å²) in [5.74, 6) is -1.68. The number of carbonyl (C=O) groups is 2. The number of carbonyl (C=O) groups excluding carboxylic acids is 2. The highest BCUT2D eigenvalue weighted by Crippen LogP contribution is 2.43. The SMILES string of the molecule is CNC(=O)c1c(-c2ccc(F)cc2)nn2cc(CS(=O)(=O)NCc3cc(Cl)c(B4OC(C)(C)C(C)(C)O4)c(C(=O)OC)c3)c(C3CC3)cc12. The Morgan fingerprint density at radius 3 is 2.35 bits per heavy atom. The lowest BCUT2D eigenvalue weighted by atomic mass is 9.75. The van der Waals surface area contributed by atoms with Crippen LogP contribution in [-0.2, 0) is 36.4 Å². The molecule has 1 aliphatic carbocycles. The molecule has 1 amide bonds. The molecule has 3 heterocycles. The third kappa shape index (κ3) is 6.84. The summed E-state index contributed by atoms with van der Waals surface area (Å²) in [5.41, 5.74) is 2.53. The van der Waals surface area contributed by atoms with Gasteiger partial charge in [0.25, 0.3) is 5.91 Å². The molecule has 258 valence electrons. The van der Waals surface area contributed by atoms with Gasteiger partial charge in [-0.2, -0.15) is 5.10 Å². The van der Waals surface area contributed by atoms with E-state index >= 15 is 0 Å². The number of nitrogens with one attached hydrogen (secondary N) is 2. The zero-order valence-electron chi connectivity index (χ0n) is 28.0. The molecule has 2 aliphatic rings. The molecule has 49 heavy (non-hydrogen) atoms. The first kappa shape index (κ1) is 35.0. The maximum Gasteiger partial charge on any atom is 0.497 e. The van der Waals surface area contributed by atoms with Crippen molar-refractivity contribution in [2.24, 2.45) is 0 Å². The van der Waals surface area contributed by atoms with E-state index in [1.54, 1.807) is 24.4 Å². The first-order valence-corrected chi connectivity index (χ1v) is 17.8. The Hall–Kier alpha value is -3.82. The molecule has 11 nitrogen and oxygen atoms in total. The second-order valence-electron chi connectivity index (χ2n) is 13.4. The summed E-state index contributed by atoms with van der Waals surface area (Å²) < 4.78 is 62.2. The number of nitrogens with zero attached hydrogens (tertiary/aromatic N) is 2. The highest BCUT2D eigenvalue weighted by Gasteiger charge is 2.53. The van der Waals surface area contributed by atoms with Gasteiger partial charge in [-0.3, -0.25) is 4.79 Å². The summed E-state index contributed by atoms with van der Waals surface area (Å²) in [7, 11) is -2.12. The van der Waals surface area contributed by atoms with Crippen molar-refractivity contribution in [3.63, 3.8) is 0 Å². The zero-order chi connectivity index (χ0) is 35.5. The average molecular weight is 711 g/mol. The van der Waals surface area contributed by atoms with Gasteiger partial charge in [-0.1, -0.05) is 11.6 Å². The van der Waals surface area contributed by atoms with E-state index in [4.69, 9.17) is 25.6 Å². The Balaban J connectivity index is 1.30. The molecule has 4 aromatic rings. The fraction of sp³-hybridized carbons (Fsp3) is 0.382. The smallest absolute Gasteiger partial charge is 0.465 e. The molecule has 2 fully saturated rings. The Kier molecular flexibility index (Phi) is 9.16. The van der Waals surface area contributed by atoms with Gasteiger partial charge < -0.3 is 19.4 Å². The molecule has 0 bridgehead atoms. The molecule has 2 N–H and O–H groups in total. The van der Waals surface area contributed by atoms with Crippen molar-refractivity contribution >= 4 is 51.6 Å². The van der Waals surface area contributed by atoms with Crippen LogP contribution in [0.4, 0.5) is 4.39 Å². The lowest BCUT2D eigenvalue weighted by Gasteiger charge is -2.32. The molecular weight excluding hydrogens is 674 g/mol. The number of rotatable bonds is 10. The summed E-state index contributed by atoms with van der Waals surface area (Å²) in [4.78, 5) is 25.9. The molecule has 6 rings (SSSR count). The molecule has 15 heteroatoms. The van der Waals surface area contributed by atoms with Crippen LogP contribution in [0.15, 0.2) is 48.7 Å². The highest BCUT2D eigenvalue weighted by molar-refractivity contribution is 7.88. The molecule has 1 aliphatic heterocycles. The number of aromatic nitrogens is 2. The first-order valence-electron chi connectivity index (χ1n) is 15.8. The predicted octanol–water partition coefficient (Wildman–Crippen LogP) is 4.74. The lowest BCUT2D eigenvalue weighted by Crippen LogP contribution is -2.41. The summed E-state index contributed by atoms with van der Waals surface area (Å²) in [5, 5.41) is 7.45. The fourth-order valence-electron chi connectivity index (χ4n) is 5.90. The van der Waals surface area contributed by atoms with Crippen molar-refractivity contribution in [3.8, 4) is 11.3 Å². The predicted molar refractivity (Wildman–Crippen MR) is 184 cm³/mol. The third-order valence-electron chi connectivity index (χ3n) is 9.40. The van der Waals surface area contributed by atoms with Gasteiger partial charge >= 0.3 is 13.1 Å². The minimum absolute atomic E-state index is 0.103. The van der Waals surface area contributed by atoms with E-state index in [0.717, 1.165) is 18.4 Å². The monoisotopic (exact) mass is 710 g/mol. The molecule has 0 atom stereocenters. The van der Waals surface area contributed by atoms with E-state index in [1.807, 2.05) is 33.8 Å². The minimum atomic E-state index is -3.94. The quantitative estimate of drug-likeness (QED) is 0.178. The van der Waals surface area contributed by atoms with Crippen LogP contribution in [0.25, 0.3) is 16.8 Å². The summed E-state index contributed by atoms with van der Waals surface area (Å²) in [6.07, 6.45) is 3.40. The normalized spacial score (nSPS) is 17.0. The molecule has 0 unspecified atom stereocenters. The van der Waals surface area contributed by atoms with Crippen LogP contribution in [-0.4, -0.2) is 62.4 Å². The van der Waals surface area contributed by atoms with E-state index in [9.17, 15) is 22.4 Å². The minimum Gasteiger partial charge on any atom is -0.465 e. The Labute approximate surface area is 289 Å². The highest BCUT2D eigenvalue weighted by atomic mass is 35.5. The van der Waals surface area contributed by atoms with E-state index < -0.39 is 40.1 Å². The van der Waals surface area contributed by atoms with Gasteiger partial charge in [0.05, 0.1) is 40.7 Å². The second kappa shape index (κ2) is 12.8. The zero-order valence-corrected chi connectivity index (χ0v) is 29.6. The van der Waals surface area contributed by atoms with Crippen LogP contribution in [0.5, 0.6) is 0 Å². The maximum atomic E-state index is 13.7. The molecule has 2 aromatic carbocycles. The molecular formula is C34H37BClFN4O7S. The van der Waals surface area contributed by atoms with Crippen LogP contribution in [0, 0.1) is 5.82 Å². The third-order valence-corrected chi connectivity index (χ3v) is 11.0. The Morgan fingerprint density at radius 1 is 1.10 bits per heavy atom. The van der Waals surface area contributed by atoms with Crippen molar-refractivity contribution < 1.29 is 36.4 Å². The Bertz CT molecular complexity index is 2070. The topological polar surface area (TPSA) is 137 Å². The molecule has 0 spiro atoms. The van der Waals surface area contributed by atoms with Crippen molar-refractivity contribution in [3.05, 3.63) is 87.3 Å². The summed E-state index contributed by atoms with van der Waals surface area (Å²) >= 11 is 6.70. The van der Waals surface area contributed by atoms with Crippen molar-refractivity contribution in [2.45, 2.75) is 70.0 Å². The van der Waals surface area contributed by atoms with Crippen molar-refractivity contribution in [1.29, 1.82) is 0 Å². The molecule has 2 aromatic heterocycles. The number of hydrogen-bond acceptors (Lipinski definition) is 8. The van der Waals surface area contributed by atoms with Crippen LogP contribution in [0.3, 0.4) is 0 Å². The van der Waals surface area contributed by atoms with E-state index in [2.05, 4.69) is 15.1 Å². The van der Waals surface area contributed by atoms with Crippen LogP contribution in [0.1, 0.15) is 83.9 Å². The lowest BCUT2D eigenvalue weighted by molar-refractivity contribution is 0.00578. The fourth-order valence-corrected chi connectivity index (χ4v) is 7.37. The van der Waals surface area contributed by atoms with E-state index in [0.29, 0.717) is 38.9 Å². The van der Waals surface area contributed by atoms with Gasteiger partial charge in [0.1, 0.15) is 11.5 Å². The number of amides is 1. The van der Waals surface area contributed by atoms with Gasteiger partial charge in [-0.25, -0.2) is 26.8 Å². The van der Waals surface area contributed by atoms with E-state index in [1.165, 1.54) is 36.9 Å². The average Bonchev–Trinajstić information content (AvgIpc) is 3.78. The number of fused-ring (bicyclic) bond motifs is 1. The summed E-state index contributed by atoms with van der Waals surface area (Å²) in [6, 6.07) is 10.6. The van der Waals surface area contributed by atoms with Gasteiger partial charge in [0.15, 0.2) is 0 Å². The standard InChI is InChI=1S/C34H37BClFN4O7S/c1-33(2)34(3,4)48-35(47-33)29-25(32(43)46-6)13-19(14-26(29)36)16-39-49(44,45)18-22-17-41-27(15-24(22)20-7-8-20)28(31(42)38-5)30(40-41)21-9-11-23(37)12-10-21/h9-15,17,20,39H,7-8,16,18H2,1-6H3,(H,38,42). The van der Waals surface area contributed by atoms with Gasteiger partial charge in [-0.15, -0.1) is 0 Å². The first-order chi connectivity index (χ1) is 23.0. The number of esters is 1. The number of pyridine rings is 1. The van der Waals surface area contributed by atoms with Crippen LogP contribution < -0.4 is 15.5 Å². The summed E-state index contributed by atoms with van der Waals surface area (Å²) in [6.45, 7) is 7.36. The number of methoxy groups -OCH3 is 1. The maximum absolute atomic E-state index is 13.7. The number of hydrogen-bond donors (Lipinski definition) is 2. The van der Waals surface area contributed by atoms with Crippen molar-refractivity contribution in [2.75, 3.05) is 14.2 Å². The second-order valence-corrected chi connectivity index (χ2v) is 15.6. The molecule has 1 saturated carbocycles. The largest absolute Gasteiger partial charge is 0.497 e. The molecule has 0 radical (unpaired) electrons. The Morgan fingerprint density at radius 2 is 1.76 bits per heavy atom. The van der Waals surface area contributed by atoms with E-state index in [-0.39, 0.29) is 34.7 Å². The van der Waals surface area contributed by atoms with Crippen LogP contribution >= 0.6 is 11.6 Å². The van der Waals surface area contributed by atoms with Gasteiger partial charge in [0, 0.05) is 35.8 Å². The number of sulfonamides is 1. The van der Waals surface area contributed by atoms with Gasteiger partial charge in [0.2, 0.25) is 10.0 Å². The number of benzene rings is 2. The molecule has 1 saturated heterocycles. The van der Waals surface area contributed by atoms with Crippen molar-refractivity contribution in [1.82, 2.24) is 19.7 Å². The van der Waals surface area contributed by atoms with Gasteiger partial charge in [-0.05, 0) is 106 Å².